The van der Waals surface area contributed by atoms with E-state index in [1.165, 1.54) is 0 Å². The topological polar surface area (TPSA) is 60.4 Å². The molecule has 128 valence electrons. The van der Waals surface area contributed by atoms with E-state index in [0.717, 1.165) is 28.2 Å². The van der Waals surface area contributed by atoms with Crippen LogP contribution < -0.4 is 0 Å². The Bertz CT molecular complexity index is 1110. The maximum Gasteiger partial charge on any atom is 0.167 e. The Hall–Kier alpha value is -2.92. The molecule has 26 heavy (non-hydrogen) atoms. The van der Waals surface area contributed by atoms with E-state index in [-0.39, 0.29) is 11.7 Å². The maximum atomic E-state index is 12.6. The molecule has 0 radical (unpaired) electrons. The van der Waals surface area contributed by atoms with Gasteiger partial charge in [-0.05, 0) is 29.8 Å². The lowest BCUT2D eigenvalue weighted by atomic mass is 9.85. The van der Waals surface area contributed by atoms with Crippen LogP contribution in [0.5, 0.6) is 0 Å². The molecule has 4 aromatic rings. The number of Topliss-reactive ketones (excluding diaryl/α,β-unsaturated/α-hetero) is 1. The lowest BCUT2D eigenvalue weighted by Gasteiger charge is -2.21. The second-order valence-corrected chi connectivity index (χ2v) is 6.91. The van der Waals surface area contributed by atoms with Gasteiger partial charge in [0.1, 0.15) is 5.76 Å². The van der Waals surface area contributed by atoms with Crippen LogP contribution in [0.25, 0.3) is 16.8 Å². The third-order valence-corrected chi connectivity index (χ3v) is 5.10. The molecule has 1 atom stereocenters. The third-order valence-electron chi connectivity index (χ3n) is 4.85. The zero-order valence-electron chi connectivity index (χ0n) is 13.7. The Balaban J connectivity index is 1.62. The van der Waals surface area contributed by atoms with Gasteiger partial charge in [0.25, 0.3) is 0 Å². The molecule has 0 bridgehead atoms. The highest BCUT2D eigenvalue weighted by Crippen LogP contribution is 2.33. The van der Waals surface area contributed by atoms with Gasteiger partial charge in [0.05, 0.1) is 23.7 Å². The summed E-state index contributed by atoms with van der Waals surface area (Å²) < 4.78 is 7.18. The van der Waals surface area contributed by atoms with Gasteiger partial charge in [-0.2, -0.15) is 5.10 Å². The first-order valence-corrected chi connectivity index (χ1v) is 8.76. The lowest BCUT2D eigenvalue weighted by molar-refractivity contribution is 0.0958. The summed E-state index contributed by atoms with van der Waals surface area (Å²) in [4.78, 5) is 17.4. The molecule has 0 fully saturated rings. The normalized spacial score (nSPS) is 16.8. The Kier molecular flexibility index (Phi) is 3.43. The van der Waals surface area contributed by atoms with Crippen LogP contribution in [0.4, 0.5) is 0 Å². The molecule has 5 nitrogen and oxygen atoms in total. The minimum absolute atomic E-state index is 0.0295. The van der Waals surface area contributed by atoms with Gasteiger partial charge >= 0.3 is 0 Å². The number of carbonyl (C=O) groups is 1. The van der Waals surface area contributed by atoms with E-state index in [9.17, 15) is 4.79 Å². The minimum Gasteiger partial charge on any atom is -0.469 e. The fourth-order valence-corrected chi connectivity index (χ4v) is 3.66. The first-order chi connectivity index (χ1) is 12.7. The first kappa shape index (κ1) is 15.3. The Morgan fingerprint density at radius 2 is 1.96 bits per heavy atom. The molecule has 1 aliphatic rings. The van der Waals surface area contributed by atoms with Crippen LogP contribution in [0.3, 0.4) is 0 Å². The number of furan rings is 1. The van der Waals surface area contributed by atoms with Crippen molar-refractivity contribution < 1.29 is 9.21 Å². The zero-order chi connectivity index (χ0) is 17.7. The number of fused-ring (bicyclic) bond motifs is 2. The largest absolute Gasteiger partial charge is 0.469 e. The van der Waals surface area contributed by atoms with Crippen molar-refractivity contribution in [3.05, 3.63) is 77.1 Å². The summed E-state index contributed by atoms with van der Waals surface area (Å²) in [6, 6.07) is 11.3. The van der Waals surface area contributed by atoms with Crippen molar-refractivity contribution in [1.82, 2.24) is 14.6 Å². The van der Waals surface area contributed by atoms with Gasteiger partial charge in [0, 0.05) is 35.5 Å². The van der Waals surface area contributed by atoms with E-state index in [1.807, 2.05) is 36.4 Å². The highest BCUT2D eigenvalue weighted by Gasteiger charge is 2.30. The van der Waals surface area contributed by atoms with Crippen LogP contribution in [0, 0.1) is 0 Å². The number of hydrogen-bond acceptors (Lipinski definition) is 4. The molecule has 3 heterocycles. The van der Waals surface area contributed by atoms with Gasteiger partial charge in [-0.3, -0.25) is 4.79 Å². The van der Waals surface area contributed by atoms with Crippen molar-refractivity contribution in [3.8, 4) is 11.1 Å². The standard InChI is InChI=1S/C20H14ClN3O2/c21-14-5-3-12(4-6-14)15-10-22-24-11-16-17(23-20(15)24)8-13(9-18(16)25)19-2-1-7-26-19/h1-7,10-11,13H,8-9H2. The number of benzene rings is 1. The molecule has 0 saturated heterocycles. The summed E-state index contributed by atoms with van der Waals surface area (Å²) in [5.41, 5.74) is 4.08. The first-order valence-electron chi connectivity index (χ1n) is 8.39. The van der Waals surface area contributed by atoms with E-state index >= 15 is 0 Å². The van der Waals surface area contributed by atoms with Gasteiger partial charge in [0.15, 0.2) is 11.4 Å². The third kappa shape index (κ3) is 2.44. The molecule has 0 N–H and O–H groups in total. The van der Waals surface area contributed by atoms with Crippen molar-refractivity contribution in [2.75, 3.05) is 0 Å². The number of rotatable bonds is 2. The van der Waals surface area contributed by atoms with E-state index in [0.29, 0.717) is 23.4 Å². The number of aromatic nitrogens is 3. The summed E-state index contributed by atoms with van der Waals surface area (Å²) in [5.74, 6) is 0.935. The molecule has 0 spiro atoms. The lowest BCUT2D eigenvalue weighted by Crippen LogP contribution is -2.21. The molecule has 5 rings (SSSR count). The van der Waals surface area contributed by atoms with Gasteiger partial charge < -0.3 is 4.42 Å². The van der Waals surface area contributed by atoms with Crippen LogP contribution >= 0.6 is 11.6 Å². The van der Waals surface area contributed by atoms with Gasteiger partial charge in [-0.25, -0.2) is 9.50 Å². The SMILES string of the molecule is O=C1CC(c2ccco2)Cc2nc3c(-c4ccc(Cl)cc4)cnn3cc21. The van der Waals surface area contributed by atoms with Crippen LogP contribution in [0.15, 0.2) is 59.5 Å². The molecule has 0 saturated carbocycles. The number of ketones is 1. The number of halogens is 1. The van der Waals surface area contributed by atoms with Gasteiger partial charge in [0.2, 0.25) is 0 Å². The monoisotopic (exact) mass is 363 g/mol. The summed E-state index contributed by atoms with van der Waals surface area (Å²) in [7, 11) is 0. The van der Waals surface area contributed by atoms with Crippen LogP contribution in [0.2, 0.25) is 5.02 Å². The van der Waals surface area contributed by atoms with Crippen molar-refractivity contribution >= 4 is 23.0 Å². The predicted octanol–water partition coefficient (Wildman–Crippen LogP) is 4.56. The average molecular weight is 364 g/mol. The van der Waals surface area contributed by atoms with Gasteiger partial charge in [-0.1, -0.05) is 23.7 Å². The van der Waals surface area contributed by atoms with E-state index in [2.05, 4.69) is 5.10 Å². The van der Waals surface area contributed by atoms with Crippen molar-refractivity contribution in [3.63, 3.8) is 0 Å². The van der Waals surface area contributed by atoms with Crippen LogP contribution in [-0.2, 0) is 6.42 Å². The molecular weight excluding hydrogens is 350 g/mol. The molecule has 0 amide bonds. The van der Waals surface area contributed by atoms with Crippen LogP contribution in [0.1, 0.15) is 34.2 Å². The quantitative estimate of drug-likeness (QED) is 0.524. The minimum atomic E-state index is 0.0295. The van der Waals surface area contributed by atoms with E-state index in [1.54, 1.807) is 23.2 Å². The molecule has 3 aromatic heterocycles. The summed E-state index contributed by atoms with van der Waals surface area (Å²) in [6.45, 7) is 0. The van der Waals surface area contributed by atoms with Crippen LogP contribution in [-0.4, -0.2) is 20.4 Å². The maximum absolute atomic E-state index is 12.6. The number of nitrogens with zero attached hydrogens (tertiary/aromatic N) is 3. The highest BCUT2D eigenvalue weighted by atomic mass is 35.5. The van der Waals surface area contributed by atoms with E-state index < -0.39 is 0 Å². The van der Waals surface area contributed by atoms with E-state index in [4.69, 9.17) is 21.0 Å². The molecule has 1 aliphatic carbocycles. The molecule has 1 aromatic carbocycles. The summed E-state index contributed by atoms with van der Waals surface area (Å²) >= 11 is 5.98. The Morgan fingerprint density at radius 1 is 1.12 bits per heavy atom. The van der Waals surface area contributed by atoms with Crippen molar-refractivity contribution in [2.45, 2.75) is 18.8 Å². The smallest absolute Gasteiger partial charge is 0.167 e. The fourth-order valence-electron chi connectivity index (χ4n) is 3.53. The Labute approximate surface area is 154 Å². The average Bonchev–Trinajstić information content (AvgIpc) is 3.31. The number of carbonyl (C=O) groups excluding carboxylic acids is 1. The molecule has 1 unspecified atom stereocenters. The molecular formula is C20H14ClN3O2. The zero-order valence-corrected chi connectivity index (χ0v) is 14.5. The molecule has 0 aliphatic heterocycles. The summed E-state index contributed by atoms with van der Waals surface area (Å²) in [6.07, 6.45) is 6.31. The molecule has 6 heteroatoms. The highest BCUT2D eigenvalue weighted by molar-refractivity contribution is 6.30. The number of hydrogen-bond donors (Lipinski definition) is 0. The fraction of sp³-hybridized carbons (Fsp3) is 0.150. The second kappa shape index (κ2) is 5.81. The van der Waals surface area contributed by atoms with Crippen molar-refractivity contribution in [1.29, 1.82) is 0 Å². The predicted molar refractivity (Wildman–Crippen MR) is 97.5 cm³/mol. The van der Waals surface area contributed by atoms with Crippen molar-refractivity contribution in [2.24, 2.45) is 0 Å². The summed E-state index contributed by atoms with van der Waals surface area (Å²) in [5, 5.41) is 5.06. The second-order valence-electron chi connectivity index (χ2n) is 6.48. The Morgan fingerprint density at radius 3 is 2.73 bits per heavy atom. The van der Waals surface area contributed by atoms with Gasteiger partial charge in [-0.15, -0.1) is 0 Å².